The molecule has 29 heavy (non-hydrogen) atoms. The fourth-order valence-electron chi connectivity index (χ4n) is 4.38. The molecule has 4 amide bonds. The second-order valence-electron chi connectivity index (χ2n) is 8.05. The summed E-state index contributed by atoms with van der Waals surface area (Å²) in [6, 6.07) is 5.68. The van der Waals surface area contributed by atoms with E-state index < -0.39 is 11.6 Å². The number of halogens is 1. The lowest BCUT2D eigenvalue weighted by atomic mass is 9.93. The lowest BCUT2D eigenvalue weighted by Gasteiger charge is -2.35. The first kappa shape index (κ1) is 21.3. The van der Waals surface area contributed by atoms with Gasteiger partial charge >= 0.3 is 6.03 Å². The van der Waals surface area contributed by atoms with E-state index in [-0.39, 0.29) is 30.2 Å². The third-order valence-electron chi connectivity index (χ3n) is 6.35. The van der Waals surface area contributed by atoms with Gasteiger partial charge in [-0.2, -0.15) is 0 Å². The van der Waals surface area contributed by atoms with Crippen LogP contribution in [0.3, 0.4) is 0 Å². The van der Waals surface area contributed by atoms with Gasteiger partial charge in [0.05, 0.1) is 0 Å². The maximum absolute atomic E-state index is 13.3. The number of hydrogen-bond acceptors (Lipinski definition) is 3. The molecule has 3 rings (SSSR count). The predicted octanol–water partition coefficient (Wildman–Crippen LogP) is 3.60. The molecule has 1 aliphatic carbocycles. The normalized spacial score (nSPS) is 19.3. The van der Waals surface area contributed by atoms with Crippen LogP contribution in [0.5, 0.6) is 0 Å². The standard InChI is InChI=1S/C22H30FN3O3/c1-3-22(4-2)20(28)26(21(29)24-22)15-19(27)25(18-8-6-5-7-9-18)14-16-10-12-17(23)13-11-16/h10-13,18H,3-9,14-15H2,1-2H3,(H,24,29). The molecule has 1 N–H and O–H groups in total. The summed E-state index contributed by atoms with van der Waals surface area (Å²) in [7, 11) is 0. The van der Waals surface area contributed by atoms with Crippen molar-refractivity contribution in [2.75, 3.05) is 6.54 Å². The first-order valence-electron chi connectivity index (χ1n) is 10.6. The molecule has 158 valence electrons. The summed E-state index contributed by atoms with van der Waals surface area (Å²) < 4.78 is 13.3. The number of carbonyl (C=O) groups is 3. The van der Waals surface area contributed by atoms with Gasteiger partial charge in [0.2, 0.25) is 5.91 Å². The molecular formula is C22H30FN3O3. The molecule has 0 aromatic heterocycles. The van der Waals surface area contributed by atoms with Crippen LogP contribution in [0.25, 0.3) is 0 Å². The summed E-state index contributed by atoms with van der Waals surface area (Å²) in [5.41, 5.74) is -0.0803. The van der Waals surface area contributed by atoms with E-state index in [4.69, 9.17) is 0 Å². The van der Waals surface area contributed by atoms with Crippen molar-refractivity contribution >= 4 is 17.8 Å². The number of benzene rings is 1. The van der Waals surface area contributed by atoms with Crippen LogP contribution in [0, 0.1) is 5.82 Å². The Morgan fingerprint density at radius 1 is 1.14 bits per heavy atom. The maximum atomic E-state index is 13.3. The summed E-state index contributed by atoms with van der Waals surface area (Å²) in [6.45, 7) is 3.80. The zero-order chi connectivity index (χ0) is 21.0. The molecule has 0 unspecified atom stereocenters. The number of carbonyl (C=O) groups excluding carboxylic acids is 3. The van der Waals surface area contributed by atoms with Gasteiger partial charge in [-0.15, -0.1) is 0 Å². The minimum Gasteiger partial charge on any atom is -0.334 e. The van der Waals surface area contributed by atoms with Crippen molar-refractivity contribution in [1.82, 2.24) is 15.1 Å². The maximum Gasteiger partial charge on any atom is 0.325 e. The highest BCUT2D eigenvalue weighted by Crippen LogP contribution is 2.27. The molecule has 1 aromatic carbocycles. The fraction of sp³-hybridized carbons (Fsp3) is 0.591. The summed E-state index contributed by atoms with van der Waals surface area (Å²) in [6.07, 6.45) is 6.03. The van der Waals surface area contributed by atoms with Crippen LogP contribution in [0.1, 0.15) is 64.4 Å². The van der Waals surface area contributed by atoms with Gasteiger partial charge in [0, 0.05) is 12.6 Å². The lowest BCUT2D eigenvalue weighted by Crippen LogP contribution is -2.49. The average molecular weight is 403 g/mol. The molecule has 0 spiro atoms. The molecule has 6 nitrogen and oxygen atoms in total. The molecule has 1 heterocycles. The van der Waals surface area contributed by atoms with E-state index in [0.29, 0.717) is 19.4 Å². The van der Waals surface area contributed by atoms with E-state index in [2.05, 4.69) is 5.32 Å². The van der Waals surface area contributed by atoms with Gasteiger partial charge in [0.15, 0.2) is 0 Å². The van der Waals surface area contributed by atoms with Crippen molar-refractivity contribution in [3.63, 3.8) is 0 Å². The third-order valence-corrected chi connectivity index (χ3v) is 6.35. The number of rotatable bonds is 7. The lowest BCUT2D eigenvalue weighted by molar-refractivity contribution is -0.141. The van der Waals surface area contributed by atoms with Crippen LogP contribution in [0.2, 0.25) is 0 Å². The minimum absolute atomic E-state index is 0.0733. The highest BCUT2D eigenvalue weighted by Gasteiger charge is 2.49. The summed E-state index contributed by atoms with van der Waals surface area (Å²) in [5, 5.41) is 2.77. The van der Waals surface area contributed by atoms with E-state index >= 15 is 0 Å². The van der Waals surface area contributed by atoms with Crippen LogP contribution < -0.4 is 5.32 Å². The van der Waals surface area contributed by atoms with E-state index in [1.54, 1.807) is 17.0 Å². The zero-order valence-electron chi connectivity index (χ0n) is 17.2. The van der Waals surface area contributed by atoms with Crippen molar-refractivity contribution in [2.45, 2.75) is 76.9 Å². The molecule has 1 saturated carbocycles. The first-order valence-corrected chi connectivity index (χ1v) is 10.6. The number of imide groups is 1. The largest absolute Gasteiger partial charge is 0.334 e. The van der Waals surface area contributed by atoms with Gasteiger partial charge in [0.25, 0.3) is 5.91 Å². The number of urea groups is 1. The Morgan fingerprint density at radius 3 is 2.31 bits per heavy atom. The van der Waals surface area contributed by atoms with Gasteiger partial charge in [-0.05, 0) is 43.4 Å². The highest BCUT2D eigenvalue weighted by molar-refractivity contribution is 6.09. The summed E-state index contributed by atoms with van der Waals surface area (Å²) >= 11 is 0. The molecule has 0 radical (unpaired) electrons. The SMILES string of the molecule is CCC1(CC)NC(=O)N(CC(=O)N(Cc2ccc(F)cc2)C2CCCCC2)C1=O. The number of amides is 4. The van der Waals surface area contributed by atoms with Crippen molar-refractivity contribution in [2.24, 2.45) is 0 Å². The van der Waals surface area contributed by atoms with Gasteiger partial charge in [-0.25, -0.2) is 9.18 Å². The predicted molar refractivity (Wildman–Crippen MR) is 107 cm³/mol. The molecule has 2 fully saturated rings. The van der Waals surface area contributed by atoms with E-state index in [9.17, 15) is 18.8 Å². The quantitative estimate of drug-likeness (QED) is 0.707. The van der Waals surface area contributed by atoms with Crippen LogP contribution in [-0.2, 0) is 16.1 Å². The topological polar surface area (TPSA) is 69.7 Å². The second kappa shape index (κ2) is 8.93. The minimum atomic E-state index is -0.913. The van der Waals surface area contributed by atoms with E-state index in [0.717, 1.165) is 42.6 Å². The number of hydrogen-bond donors (Lipinski definition) is 1. The Labute approximate surface area is 171 Å². The van der Waals surface area contributed by atoms with Gasteiger partial charge < -0.3 is 10.2 Å². The van der Waals surface area contributed by atoms with Crippen molar-refractivity contribution in [3.05, 3.63) is 35.6 Å². The van der Waals surface area contributed by atoms with Crippen LogP contribution in [0.15, 0.2) is 24.3 Å². The van der Waals surface area contributed by atoms with Crippen molar-refractivity contribution in [3.8, 4) is 0 Å². The van der Waals surface area contributed by atoms with Gasteiger partial charge in [0.1, 0.15) is 17.9 Å². The van der Waals surface area contributed by atoms with Crippen molar-refractivity contribution < 1.29 is 18.8 Å². The van der Waals surface area contributed by atoms with Gasteiger partial charge in [-0.3, -0.25) is 14.5 Å². The molecule has 2 aliphatic rings. The van der Waals surface area contributed by atoms with Crippen LogP contribution in [-0.4, -0.2) is 45.8 Å². The number of nitrogens with one attached hydrogen (secondary N) is 1. The summed E-state index contributed by atoms with van der Waals surface area (Å²) in [5.74, 6) is -0.891. The molecule has 0 bridgehead atoms. The zero-order valence-corrected chi connectivity index (χ0v) is 17.2. The fourth-order valence-corrected chi connectivity index (χ4v) is 4.38. The van der Waals surface area contributed by atoms with Crippen LogP contribution >= 0.6 is 0 Å². The summed E-state index contributed by atoms with van der Waals surface area (Å²) in [4.78, 5) is 41.3. The monoisotopic (exact) mass is 403 g/mol. The molecular weight excluding hydrogens is 373 g/mol. The Hall–Kier alpha value is -2.44. The molecule has 7 heteroatoms. The molecule has 1 saturated heterocycles. The Bertz CT molecular complexity index is 755. The second-order valence-corrected chi connectivity index (χ2v) is 8.05. The third kappa shape index (κ3) is 4.43. The Morgan fingerprint density at radius 2 is 1.76 bits per heavy atom. The van der Waals surface area contributed by atoms with E-state index in [1.807, 2.05) is 13.8 Å². The molecule has 1 aromatic rings. The molecule has 1 aliphatic heterocycles. The van der Waals surface area contributed by atoms with E-state index in [1.165, 1.54) is 12.1 Å². The van der Waals surface area contributed by atoms with Crippen molar-refractivity contribution in [1.29, 1.82) is 0 Å². The van der Waals surface area contributed by atoms with Crippen LogP contribution in [0.4, 0.5) is 9.18 Å². The number of nitrogens with zero attached hydrogens (tertiary/aromatic N) is 2. The Kier molecular flexibility index (Phi) is 6.55. The Balaban J connectivity index is 1.78. The highest BCUT2D eigenvalue weighted by atomic mass is 19.1. The van der Waals surface area contributed by atoms with Gasteiger partial charge in [-0.1, -0.05) is 45.2 Å². The average Bonchev–Trinajstić information content (AvgIpc) is 2.98. The smallest absolute Gasteiger partial charge is 0.325 e. The first-order chi connectivity index (χ1) is 13.9. The molecule has 0 atom stereocenters.